The van der Waals surface area contributed by atoms with Crippen LogP contribution in [-0.2, 0) is 36.5 Å². The number of methoxy groups -OCH3 is 1. The van der Waals surface area contributed by atoms with Crippen LogP contribution >= 0.6 is 24.0 Å². The molecule has 0 saturated heterocycles. The van der Waals surface area contributed by atoms with Crippen molar-refractivity contribution in [1.29, 1.82) is 0 Å². The number of aryl methyl sites for hydroxylation is 1. The average molecular weight is 815 g/mol. The van der Waals surface area contributed by atoms with Crippen LogP contribution in [0.2, 0.25) is 0 Å². The standard InChI is InChI=1S/C14H13N3O.C8H7ClN2.C7H7NO3.CH3F.CH2O3.CO2.ClH.2K.H/c1-11-4-5-15-8-14(11)18-9-12-3-2-6-17-10-16-7-13(12)17;9-4-7-2-1-3-11-6-10-5-8(7)11;1-11-7(10)5-2-3-8-4-6(5)9;1-2;2-1-4-3;2-1-3;;;;/h2-8,10H,9H2,1H3;1-3,5-6H,4H2;2-4,9H,1H3;1H3;1,3H;;1H;;;/q;;;;;;;2*+1;-1/p-1/i;;;1D;;;;;;. The first-order valence-corrected chi connectivity index (χ1v) is 14.0. The number of aromatic nitrogens is 6. The van der Waals surface area contributed by atoms with Crippen LogP contribution in [0.5, 0.6) is 11.5 Å². The first-order valence-electron chi connectivity index (χ1n) is 14.1. The minimum Gasteiger partial charge on any atom is -1.00 e. The van der Waals surface area contributed by atoms with E-state index in [2.05, 4.69) is 29.6 Å². The summed E-state index contributed by atoms with van der Waals surface area (Å²) in [5.74, 6) is 0.624. The minimum absolute atomic E-state index is 0. The van der Waals surface area contributed by atoms with Gasteiger partial charge in [-0.1, -0.05) is 12.1 Å². The molecular weight excluding hydrogens is 780 g/mol. The predicted molar refractivity (Wildman–Crippen MR) is 178 cm³/mol. The number of halogens is 3. The summed E-state index contributed by atoms with van der Waals surface area (Å²) < 4.78 is 29.6. The van der Waals surface area contributed by atoms with Crippen molar-refractivity contribution >= 4 is 53.6 Å². The molecule has 0 radical (unpaired) electrons. The quantitative estimate of drug-likeness (QED) is 0.0496. The number of ether oxygens (including phenoxy) is 2. The predicted octanol–water partition coefficient (Wildman–Crippen LogP) is -1.76. The van der Waals surface area contributed by atoms with E-state index in [1.807, 2.05) is 70.8 Å². The monoisotopic (exact) mass is 813 g/mol. The number of nitrogens with zero attached hydrogens (tertiary/aromatic N) is 6. The van der Waals surface area contributed by atoms with Gasteiger partial charge in [-0.3, -0.25) is 19.2 Å². The summed E-state index contributed by atoms with van der Waals surface area (Å²) in [6.45, 7) is 2.35. The molecule has 0 spiro atoms. The van der Waals surface area contributed by atoms with Gasteiger partial charge in [-0.05, 0) is 42.3 Å². The first-order chi connectivity index (χ1) is 24.3. The number of pyridine rings is 4. The smallest absolute Gasteiger partial charge is 1.00 e. The summed E-state index contributed by atoms with van der Waals surface area (Å²) in [5, 5.41) is 17.5. The SMILES string of the molecule is COC(=O)c1ccncc1O.Cc1ccncc1OCc1cccn2cncc12.Cl.ClCc1cccn2cncc12.O=C=O.O=CO[O-].[2H]CF.[H-].[K+].[K+]. The third-order valence-corrected chi connectivity index (χ3v) is 6.13. The Morgan fingerprint density at radius 1 is 1.00 bits per heavy atom. The van der Waals surface area contributed by atoms with Gasteiger partial charge in [-0.15, -0.1) is 24.0 Å². The van der Waals surface area contributed by atoms with Crippen molar-refractivity contribution in [2.24, 2.45) is 0 Å². The molecule has 15 nitrogen and oxygen atoms in total. The molecular formula is C32H33Cl2FK2N6O9. The van der Waals surface area contributed by atoms with E-state index in [1.54, 1.807) is 25.0 Å². The summed E-state index contributed by atoms with van der Waals surface area (Å²) in [7, 11) is 0.252. The molecule has 6 rings (SSSR count). The Bertz CT molecular complexity index is 1930. The van der Waals surface area contributed by atoms with Crippen LogP contribution in [-0.4, -0.2) is 66.7 Å². The Morgan fingerprint density at radius 3 is 1.98 bits per heavy atom. The second kappa shape index (κ2) is 33.0. The summed E-state index contributed by atoms with van der Waals surface area (Å²) in [4.78, 5) is 54.1. The van der Waals surface area contributed by atoms with Gasteiger partial charge in [0.05, 0.1) is 64.1 Å². The van der Waals surface area contributed by atoms with E-state index in [0.29, 0.717) is 12.5 Å². The Hall–Kier alpha value is -2.66. The topological polar surface area (TPSA) is 200 Å². The number of carbonyl (C=O) groups is 2. The number of hydrogen-bond acceptors (Lipinski definition) is 13. The molecule has 0 unspecified atom stereocenters. The number of esters is 1. The van der Waals surface area contributed by atoms with Crippen molar-refractivity contribution in [1.82, 2.24) is 28.7 Å². The number of hydrogen-bond donors (Lipinski definition) is 1. The minimum atomic E-state index is -1.00. The van der Waals surface area contributed by atoms with Gasteiger partial charge in [0, 0.05) is 36.2 Å². The number of aromatic hydroxyl groups is 1. The summed E-state index contributed by atoms with van der Waals surface area (Å²) in [6.07, 6.45) is 17.5. The van der Waals surface area contributed by atoms with Crippen LogP contribution in [0.3, 0.4) is 0 Å². The van der Waals surface area contributed by atoms with Gasteiger partial charge in [0.15, 0.2) is 0 Å². The number of rotatable bonds is 6. The van der Waals surface area contributed by atoms with E-state index in [9.17, 15) is 9.18 Å². The fourth-order valence-corrected chi connectivity index (χ4v) is 3.90. The van der Waals surface area contributed by atoms with E-state index in [0.717, 1.165) is 33.5 Å². The van der Waals surface area contributed by atoms with Gasteiger partial charge in [-0.2, -0.15) is 9.59 Å². The van der Waals surface area contributed by atoms with Gasteiger partial charge >= 0.3 is 115 Å². The molecule has 0 saturated carbocycles. The largest absolute Gasteiger partial charge is 1.00 e. The molecule has 0 aliphatic carbocycles. The molecule has 6 aromatic heterocycles. The van der Waals surface area contributed by atoms with E-state index < -0.39 is 13.1 Å². The second-order valence-electron chi connectivity index (χ2n) is 8.66. The Labute approximate surface area is 397 Å². The molecule has 6 heterocycles. The molecule has 0 bridgehead atoms. The summed E-state index contributed by atoms with van der Waals surface area (Å²) in [5.41, 5.74) is 5.60. The molecule has 20 heteroatoms. The maximum absolute atomic E-state index is 10.8. The van der Waals surface area contributed by atoms with E-state index in [4.69, 9.17) is 42.5 Å². The van der Waals surface area contributed by atoms with Crippen LogP contribution in [0.4, 0.5) is 4.39 Å². The molecule has 0 aromatic carbocycles. The third kappa shape index (κ3) is 18.9. The maximum Gasteiger partial charge on any atom is 1.00 e. The van der Waals surface area contributed by atoms with E-state index in [-0.39, 0.29) is 141 Å². The molecule has 0 atom stereocenters. The van der Waals surface area contributed by atoms with E-state index in [1.165, 1.54) is 25.6 Å². The fourth-order valence-electron chi connectivity index (χ4n) is 3.68. The van der Waals surface area contributed by atoms with Crippen molar-refractivity contribution in [3.8, 4) is 11.5 Å². The molecule has 0 aliphatic heterocycles. The van der Waals surface area contributed by atoms with Crippen molar-refractivity contribution in [2.75, 3.05) is 14.3 Å². The van der Waals surface area contributed by atoms with Crippen molar-refractivity contribution < 1.29 is 154 Å². The average Bonchev–Trinajstić information content (AvgIpc) is 3.83. The number of alkyl halides is 2. The summed E-state index contributed by atoms with van der Waals surface area (Å²) in [6, 6.07) is 11.3. The second-order valence-corrected chi connectivity index (χ2v) is 8.93. The van der Waals surface area contributed by atoms with Gasteiger partial charge in [0.1, 0.15) is 23.7 Å². The summed E-state index contributed by atoms with van der Waals surface area (Å²) >= 11 is 5.72. The number of imidazole rings is 2. The first kappa shape index (κ1) is 51.4. The van der Waals surface area contributed by atoms with Crippen LogP contribution in [0, 0.1) is 6.92 Å². The van der Waals surface area contributed by atoms with Gasteiger partial charge < -0.3 is 35.0 Å². The van der Waals surface area contributed by atoms with Crippen LogP contribution in [0.15, 0.2) is 98.6 Å². The Morgan fingerprint density at radius 2 is 1.50 bits per heavy atom. The van der Waals surface area contributed by atoms with Crippen molar-refractivity contribution in [3.63, 3.8) is 0 Å². The molecule has 0 aliphatic rings. The van der Waals surface area contributed by atoms with Crippen LogP contribution in [0.1, 0.15) is 29.8 Å². The zero-order valence-electron chi connectivity index (χ0n) is 30.5. The Balaban J connectivity index is -0.000000307. The van der Waals surface area contributed by atoms with Gasteiger partial charge in [-0.25, -0.2) is 14.8 Å². The number of carbonyl (C=O) groups excluding carboxylic acids is 4. The molecule has 268 valence electrons. The van der Waals surface area contributed by atoms with Crippen molar-refractivity contribution in [3.05, 3.63) is 121 Å². The maximum atomic E-state index is 10.8. The zero-order valence-corrected chi connectivity index (χ0v) is 36.3. The third-order valence-electron chi connectivity index (χ3n) is 5.84. The Kier molecular flexibility index (Phi) is 32.6. The van der Waals surface area contributed by atoms with Gasteiger partial charge in [0.2, 0.25) is 0 Å². The molecule has 6 aromatic rings. The van der Waals surface area contributed by atoms with Gasteiger partial charge in [0.25, 0.3) is 6.47 Å². The number of fused-ring (bicyclic) bond motifs is 2. The van der Waals surface area contributed by atoms with E-state index >= 15 is 0 Å². The van der Waals surface area contributed by atoms with Crippen molar-refractivity contribution in [2.45, 2.75) is 19.4 Å². The zero-order chi connectivity index (χ0) is 37.1. The normalized spacial score (nSPS) is 8.83. The molecule has 0 amide bonds. The molecule has 52 heavy (non-hydrogen) atoms. The van der Waals surface area contributed by atoms with Crippen LogP contribution in [0.25, 0.3) is 11.0 Å². The fraction of sp³-hybridized carbons (Fsp3) is 0.156. The molecule has 1 N–H and O–H groups in total. The van der Waals surface area contributed by atoms with Crippen LogP contribution < -0.4 is 113 Å². The molecule has 0 fully saturated rings.